The average molecular weight is 291 g/mol. The summed E-state index contributed by atoms with van der Waals surface area (Å²) < 4.78 is 1.82. The highest BCUT2D eigenvalue weighted by Gasteiger charge is 2.26. The van der Waals surface area contributed by atoms with Gasteiger partial charge in [-0.1, -0.05) is 53.8 Å². The van der Waals surface area contributed by atoms with Gasteiger partial charge in [-0.15, -0.1) is 5.10 Å². The lowest BCUT2D eigenvalue weighted by Gasteiger charge is -2.21. The minimum atomic E-state index is -0.535. The molecule has 1 unspecified atom stereocenters. The van der Waals surface area contributed by atoms with Gasteiger partial charge in [-0.2, -0.15) is 0 Å². The summed E-state index contributed by atoms with van der Waals surface area (Å²) in [7, 11) is 1.92. The molecule has 1 aromatic heterocycles. The Balaban J connectivity index is 2.07. The zero-order valence-electron chi connectivity index (χ0n) is 12.4. The molecule has 22 heavy (non-hydrogen) atoms. The molecule has 1 aromatic carbocycles. The van der Waals surface area contributed by atoms with E-state index in [2.05, 4.69) is 34.6 Å². The predicted molar refractivity (Wildman–Crippen MR) is 85.8 cm³/mol. The van der Waals surface area contributed by atoms with Gasteiger partial charge in [0, 0.05) is 24.6 Å². The SMILES string of the molecule is Cn1nnc2c1C1=C(C=CCC=C1)CC(O)c1ccccc1-2. The van der Waals surface area contributed by atoms with Gasteiger partial charge >= 0.3 is 0 Å². The van der Waals surface area contributed by atoms with Crippen molar-refractivity contribution in [2.75, 3.05) is 0 Å². The topological polar surface area (TPSA) is 50.9 Å². The largest absolute Gasteiger partial charge is 0.388 e. The Morgan fingerprint density at radius 1 is 1.18 bits per heavy atom. The van der Waals surface area contributed by atoms with Crippen molar-refractivity contribution in [2.24, 2.45) is 7.05 Å². The van der Waals surface area contributed by atoms with Gasteiger partial charge in [0.15, 0.2) is 0 Å². The molecule has 1 heterocycles. The number of fused-ring (bicyclic) bond motifs is 4. The fraction of sp³-hybridized carbons (Fsp3) is 0.222. The van der Waals surface area contributed by atoms with E-state index in [0.717, 1.165) is 40.1 Å². The molecule has 4 rings (SSSR count). The van der Waals surface area contributed by atoms with E-state index in [1.807, 2.05) is 36.0 Å². The number of aliphatic hydroxyl groups is 1. The monoisotopic (exact) mass is 291 g/mol. The molecular formula is C18H17N3O. The molecule has 0 bridgehead atoms. The molecule has 2 aliphatic carbocycles. The average Bonchev–Trinajstić information content (AvgIpc) is 2.75. The molecule has 0 fully saturated rings. The lowest BCUT2D eigenvalue weighted by atomic mass is 9.87. The number of aryl methyl sites for hydroxylation is 1. The van der Waals surface area contributed by atoms with Gasteiger partial charge in [-0.05, 0) is 17.6 Å². The van der Waals surface area contributed by atoms with Crippen molar-refractivity contribution in [3.05, 3.63) is 65.4 Å². The number of benzene rings is 1. The molecule has 0 saturated carbocycles. The smallest absolute Gasteiger partial charge is 0.121 e. The van der Waals surface area contributed by atoms with Gasteiger partial charge < -0.3 is 5.11 Å². The van der Waals surface area contributed by atoms with Crippen LogP contribution < -0.4 is 0 Å². The van der Waals surface area contributed by atoms with Crippen LogP contribution in [0.1, 0.15) is 30.2 Å². The first kappa shape index (κ1) is 13.2. The van der Waals surface area contributed by atoms with E-state index < -0.39 is 6.10 Å². The summed E-state index contributed by atoms with van der Waals surface area (Å²) in [6.07, 6.45) is 9.46. The zero-order chi connectivity index (χ0) is 15.1. The number of rotatable bonds is 0. The van der Waals surface area contributed by atoms with Crippen molar-refractivity contribution in [2.45, 2.75) is 18.9 Å². The number of aliphatic hydroxyl groups excluding tert-OH is 1. The van der Waals surface area contributed by atoms with Crippen molar-refractivity contribution < 1.29 is 5.11 Å². The second kappa shape index (κ2) is 5.07. The summed E-state index contributed by atoms with van der Waals surface area (Å²) in [6, 6.07) is 7.91. The van der Waals surface area contributed by atoms with Crippen LogP contribution in [0.5, 0.6) is 0 Å². The maximum absolute atomic E-state index is 10.7. The van der Waals surface area contributed by atoms with Gasteiger partial charge in [0.05, 0.1) is 11.8 Å². The van der Waals surface area contributed by atoms with Crippen LogP contribution >= 0.6 is 0 Å². The van der Waals surface area contributed by atoms with E-state index in [4.69, 9.17) is 0 Å². The second-order valence-corrected chi connectivity index (χ2v) is 5.70. The minimum Gasteiger partial charge on any atom is -0.388 e. The van der Waals surface area contributed by atoms with Crippen LogP contribution in [0, 0.1) is 0 Å². The third-order valence-electron chi connectivity index (χ3n) is 4.29. The number of hydrogen-bond donors (Lipinski definition) is 1. The summed E-state index contributed by atoms with van der Waals surface area (Å²) in [5.74, 6) is 0. The second-order valence-electron chi connectivity index (χ2n) is 5.70. The molecule has 2 aliphatic rings. The van der Waals surface area contributed by atoms with Gasteiger partial charge in [0.25, 0.3) is 0 Å². The molecule has 1 atom stereocenters. The van der Waals surface area contributed by atoms with E-state index in [0.29, 0.717) is 6.42 Å². The van der Waals surface area contributed by atoms with Crippen molar-refractivity contribution in [1.29, 1.82) is 0 Å². The Morgan fingerprint density at radius 3 is 2.91 bits per heavy atom. The minimum absolute atomic E-state index is 0.535. The molecule has 0 amide bonds. The molecule has 4 heteroatoms. The maximum Gasteiger partial charge on any atom is 0.121 e. The highest BCUT2D eigenvalue weighted by molar-refractivity contribution is 5.86. The van der Waals surface area contributed by atoms with Gasteiger partial charge in [0.1, 0.15) is 5.69 Å². The summed E-state index contributed by atoms with van der Waals surface area (Å²) in [5.41, 5.74) is 5.96. The summed E-state index contributed by atoms with van der Waals surface area (Å²) >= 11 is 0. The van der Waals surface area contributed by atoms with E-state index in [-0.39, 0.29) is 0 Å². The first-order valence-corrected chi connectivity index (χ1v) is 7.49. The molecule has 2 aromatic rings. The van der Waals surface area contributed by atoms with Gasteiger partial charge in [0.2, 0.25) is 0 Å². The highest BCUT2D eigenvalue weighted by atomic mass is 16.3. The standard InChI is InChI=1S/C18H17N3O/c1-21-18-13-8-4-2-3-7-12(13)11-16(22)14-9-5-6-10-15(14)17(18)19-20-21/h3-10,16,22H,2,11H2,1H3. The molecular weight excluding hydrogens is 274 g/mol. The van der Waals surface area contributed by atoms with E-state index in [1.165, 1.54) is 0 Å². The van der Waals surface area contributed by atoms with Crippen molar-refractivity contribution in [3.63, 3.8) is 0 Å². The first-order chi connectivity index (χ1) is 10.8. The fourth-order valence-electron chi connectivity index (χ4n) is 3.24. The van der Waals surface area contributed by atoms with Crippen molar-refractivity contribution >= 4 is 5.57 Å². The Labute approximate surface area is 129 Å². The number of aromatic nitrogens is 3. The van der Waals surface area contributed by atoms with Gasteiger partial charge in [-0.3, -0.25) is 0 Å². The highest BCUT2D eigenvalue weighted by Crippen LogP contribution is 2.40. The zero-order valence-corrected chi connectivity index (χ0v) is 12.4. The summed E-state index contributed by atoms with van der Waals surface area (Å²) in [4.78, 5) is 0. The van der Waals surface area contributed by atoms with Crippen LogP contribution in [0.25, 0.3) is 16.8 Å². The van der Waals surface area contributed by atoms with Crippen LogP contribution in [-0.4, -0.2) is 20.1 Å². The Morgan fingerprint density at radius 2 is 2.00 bits per heavy atom. The van der Waals surface area contributed by atoms with Gasteiger partial charge in [-0.25, -0.2) is 4.68 Å². The van der Waals surface area contributed by atoms with Crippen LogP contribution in [0.15, 0.2) is 54.1 Å². The molecule has 0 saturated heterocycles. The van der Waals surface area contributed by atoms with Crippen LogP contribution in [0.2, 0.25) is 0 Å². The number of allylic oxidation sites excluding steroid dienone is 5. The van der Waals surface area contributed by atoms with E-state index in [9.17, 15) is 5.11 Å². The lowest BCUT2D eigenvalue weighted by molar-refractivity contribution is 0.180. The third-order valence-corrected chi connectivity index (χ3v) is 4.29. The molecule has 0 radical (unpaired) electrons. The maximum atomic E-state index is 10.7. The lowest BCUT2D eigenvalue weighted by Crippen LogP contribution is -2.08. The molecule has 0 spiro atoms. The normalized spacial score (nSPS) is 19.8. The first-order valence-electron chi connectivity index (χ1n) is 7.49. The third kappa shape index (κ3) is 1.96. The summed E-state index contributed by atoms with van der Waals surface area (Å²) in [6.45, 7) is 0. The van der Waals surface area contributed by atoms with Crippen molar-refractivity contribution in [1.82, 2.24) is 15.0 Å². The number of hydrogen-bond acceptors (Lipinski definition) is 3. The molecule has 4 nitrogen and oxygen atoms in total. The Hall–Kier alpha value is -2.46. The Kier molecular flexibility index (Phi) is 3.05. The predicted octanol–water partition coefficient (Wildman–Crippen LogP) is 3.19. The summed E-state index contributed by atoms with van der Waals surface area (Å²) in [5, 5.41) is 19.3. The van der Waals surface area contributed by atoms with Crippen LogP contribution in [0.4, 0.5) is 0 Å². The quantitative estimate of drug-likeness (QED) is 0.811. The van der Waals surface area contributed by atoms with Crippen molar-refractivity contribution in [3.8, 4) is 11.3 Å². The molecule has 0 aliphatic heterocycles. The number of nitrogens with zero attached hydrogens (tertiary/aromatic N) is 3. The fourth-order valence-corrected chi connectivity index (χ4v) is 3.24. The van der Waals surface area contributed by atoms with Crippen LogP contribution in [0.3, 0.4) is 0 Å². The molecule has 1 N–H and O–H groups in total. The van der Waals surface area contributed by atoms with E-state index in [1.54, 1.807) is 0 Å². The van der Waals surface area contributed by atoms with E-state index >= 15 is 0 Å². The Bertz CT molecular complexity index is 827. The molecule has 110 valence electrons. The van der Waals surface area contributed by atoms with Crippen LogP contribution in [-0.2, 0) is 7.05 Å².